The molecule has 2 fully saturated rings. The molecule has 1 aromatic carbocycles. The second-order valence-corrected chi connectivity index (χ2v) is 5.96. The van der Waals surface area contributed by atoms with Gasteiger partial charge in [0.05, 0.1) is 0 Å². The van der Waals surface area contributed by atoms with Gasteiger partial charge in [-0.3, -0.25) is 0 Å². The minimum absolute atomic E-state index is 0.557. The zero-order chi connectivity index (χ0) is 13.9. The van der Waals surface area contributed by atoms with Crippen molar-refractivity contribution >= 4 is 0 Å². The highest BCUT2D eigenvalue weighted by Gasteiger charge is 2.39. The van der Waals surface area contributed by atoms with Crippen LogP contribution in [0.3, 0.4) is 0 Å². The number of piperidine rings is 1. The lowest BCUT2D eigenvalue weighted by atomic mass is 9.88. The minimum atomic E-state index is 0.557. The summed E-state index contributed by atoms with van der Waals surface area (Å²) in [7, 11) is 0. The SMILES string of the molecule is C=C(OCc1ccccc1)N1CCC(C)C2NCCC21. The van der Waals surface area contributed by atoms with Crippen LogP contribution in [-0.4, -0.2) is 30.1 Å². The van der Waals surface area contributed by atoms with Gasteiger partial charge in [-0.05, 0) is 37.4 Å². The van der Waals surface area contributed by atoms with E-state index in [-0.39, 0.29) is 0 Å². The van der Waals surface area contributed by atoms with E-state index in [9.17, 15) is 0 Å². The van der Waals surface area contributed by atoms with Crippen LogP contribution in [0.2, 0.25) is 0 Å². The average Bonchev–Trinajstić information content (AvgIpc) is 2.96. The first-order chi connectivity index (χ1) is 9.75. The zero-order valence-corrected chi connectivity index (χ0v) is 12.2. The highest BCUT2D eigenvalue weighted by molar-refractivity contribution is 5.14. The smallest absolute Gasteiger partial charge is 0.182 e. The molecule has 2 aliphatic rings. The molecule has 2 heterocycles. The first kappa shape index (κ1) is 13.5. The Labute approximate surface area is 121 Å². The van der Waals surface area contributed by atoms with Crippen LogP contribution in [0.25, 0.3) is 0 Å². The van der Waals surface area contributed by atoms with E-state index in [1.165, 1.54) is 18.4 Å². The van der Waals surface area contributed by atoms with Gasteiger partial charge in [0, 0.05) is 18.6 Å². The predicted molar refractivity (Wildman–Crippen MR) is 81.1 cm³/mol. The number of fused-ring (bicyclic) bond motifs is 1. The molecule has 2 aliphatic heterocycles. The highest BCUT2D eigenvalue weighted by atomic mass is 16.5. The van der Waals surface area contributed by atoms with Crippen LogP contribution in [0.1, 0.15) is 25.3 Å². The molecule has 0 aromatic heterocycles. The summed E-state index contributed by atoms with van der Waals surface area (Å²) in [5.74, 6) is 1.58. The molecule has 3 nitrogen and oxygen atoms in total. The van der Waals surface area contributed by atoms with Gasteiger partial charge in [0.2, 0.25) is 0 Å². The van der Waals surface area contributed by atoms with E-state index in [0.29, 0.717) is 18.7 Å². The minimum Gasteiger partial charge on any atom is -0.475 e. The Kier molecular flexibility index (Phi) is 3.97. The molecule has 0 radical (unpaired) electrons. The second kappa shape index (κ2) is 5.88. The van der Waals surface area contributed by atoms with E-state index < -0.39 is 0 Å². The monoisotopic (exact) mass is 272 g/mol. The van der Waals surface area contributed by atoms with Gasteiger partial charge in [0.15, 0.2) is 5.88 Å². The number of benzene rings is 1. The number of hydrogen-bond acceptors (Lipinski definition) is 3. The summed E-state index contributed by atoms with van der Waals surface area (Å²) in [6.45, 7) is 9.29. The standard InChI is InChI=1S/C17H24N2O/c1-13-9-11-19(16-8-10-18-17(13)16)14(2)20-12-15-6-4-3-5-7-15/h3-7,13,16-18H,2,8-12H2,1H3. The van der Waals surface area contributed by atoms with Crippen molar-refractivity contribution in [1.29, 1.82) is 0 Å². The summed E-state index contributed by atoms with van der Waals surface area (Å²) < 4.78 is 5.91. The molecule has 3 unspecified atom stereocenters. The van der Waals surface area contributed by atoms with E-state index in [1.807, 2.05) is 18.2 Å². The summed E-state index contributed by atoms with van der Waals surface area (Å²) in [5.41, 5.74) is 1.19. The third kappa shape index (κ3) is 2.68. The molecule has 1 aromatic rings. The van der Waals surface area contributed by atoms with Gasteiger partial charge in [0.25, 0.3) is 0 Å². The molecule has 3 atom stereocenters. The number of hydrogen-bond donors (Lipinski definition) is 1. The maximum absolute atomic E-state index is 5.91. The zero-order valence-electron chi connectivity index (χ0n) is 12.2. The number of likely N-dealkylation sites (tertiary alicyclic amines) is 1. The van der Waals surface area contributed by atoms with Crippen LogP contribution in [0.5, 0.6) is 0 Å². The normalized spacial score (nSPS) is 29.1. The van der Waals surface area contributed by atoms with Crippen LogP contribution in [-0.2, 0) is 11.3 Å². The number of rotatable bonds is 4. The van der Waals surface area contributed by atoms with Gasteiger partial charge in [-0.25, -0.2) is 0 Å². The van der Waals surface area contributed by atoms with Crippen LogP contribution >= 0.6 is 0 Å². The molecule has 2 saturated heterocycles. The highest BCUT2D eigenvalue weighted by Crippen LogP contribution is 2.31. The Balaban J connectivity index is 1.59. The largest absolute Gasteiger partial charge is 0.475 e. The van der Waals surface area contributed by atoms with Crippen LogP contribution in [0, 0.1) is 5.92 Å². The quantitative estimate of drug-likeness (QED) is 0.853. The summed E-state index contributed by atoms with van der Waals surface area (Å²) in [6.07, 6.45) is 2.41. The maximum Gasteiger partial charge on any atom is 0.182 e. The molecule has 3 rings (SSSR count). The van der Waals surface area contributed by atoms with Crippen molar-refractivity contribution in [3.8, 4) is 0 Å². The molecule has 0 spiro atoms. The van der Waals surface area contributed by atoms with Crippen molar-refractivity contribution in [2.24, 2.45) is 5.92 Å². The van der Waals surface area contributed by atoms with E-state index in [0.717, 1.165) is 24.9 Å². The summed E-state index contributed by atoms with van der Waals surface area (Å²) in [5, 5.41) is 3.63. The topological polar surface area (TPSA) is 24.5 Å². The Bertz CT molecular complexity index is 459. The van der Waals surface area contributed by atoms with Gasteiger partial charge in [0.1, 0.15) is 6.61 Å². The fourth-order valence-electron chi connectivity index (χ4n) is 3.47. The molecule has 3 heteroatoms. The number of ether oxygens (including phenoxy) is 1. The molecule has 20 heavy (non-hydrogen) atoms. The third-order valence-corrected chi connectivity index (χ3v) is 4.64. The molecule has 0 bridgehead atoms. The van der Waals surface area contributed by atoms with Crippen LogP contribution < -0.4 is 5.32 Å². The van der Waals surface area contributed by atoms with E-state index in [2.05, 4.69) is 35.9 Å². The third-order valence-electron chi connectivity index (χ3n) is 4.64. The van der Waals surface area contributed by atoms with Gasteiger partial charge in [-0.15, -0.1) is 0 Å². The lowest BCUT2D eigenvalue weighted by Crippen LogP contribution is -2.52. The second-order valence-electron chi connectivity index (χ2n) is 5.96. The molecular formula is C17H24N2O. The van der Waals surface area contributed by atoms with Gasteiger partial charge in [-0.2, -0.15) is 0 Å². The van der Waals surface area contributed by atoms with Crippen molar-refractivity contribution in [3.05, 3.63) is 48.4 Å². The van der Waals surface area contributed by atoms with Gasteiger partial charge in [-0.1, -0.05) is 37.3 Å². The summed E-state index contributed by atoms with van der Waals surface area (Å²) in [4.78, 5) is 2.37. The van der Waals surface area contributed by atoms with Crippen molar-refractivity contribution in [3.63, 3.8) is 0 Å². The predicted octanol–water partition coefficient (Wildman–Crippen LogP) is 2.75. The van der Waals surface area contributed by atoms with Gasteiger partial charge < -0.3 is 15.0 Å². The van der Waals surface area contributed by atoms with Crippen molar-refractivity contribution in [2.75, 3.05) is 13.1 Å². The fraction of sp³-hybridized carbons (Fsp3) is 0.529. The fourth-order valence-corrected chi connectivity index (χ4v) is 3.47. The van der Waals surface area contributed by atoms with Gasteiger partial charge >= 0.3 is 0 Å². The van der Waals surface area contributed by atoms with Crippen molar-refractivity contribution in [2.45, 2.75) is 38.5 Å². The lowest BCUT2D eigenvalue weighted by Gasteiger charge is -2.42. The maximum atomic E-state index is 5.91. The van der Waals surface area contributed by atoms with E-state index in [1.54, 1.807) is 0 Å². The first-order valence-electron chi connectivity index (χ1n) is 7.61. The molecule has 0 amide bonds. The van der Waals surface area contributed by atoms with Crippen LogP contribution in [0.15, 0.2) is 42.8 Å². The molecule has 108 valence electrons. The lowest BCUT2D eigenvalue weighted by molar-refractivity contribution is 0.0415. The average molecular weight is 272 g/mol. The Hall–Kier alpha value is -1.48. The Morgan fingerprint density at radius 1 is 1.35 bits per heavy atom. The molecule has 1 N–H and O–H groups in total. The molecule has 0 saturated carbocycles. The Morgan fingerprint density at radius 3 is 2.95 bits per heavy atom. The van der Waals surface area contributed by atoms with Crippen molar-refractivity contribution in [1.82, 2.24) is 10.2 Å². The van der Waals surface area contributed by atoms with Crippen molar-refractivity contribution < 1.29 is 4.74 Å². The Morgan fingerprint density at radius 2 is 2.15 bits per heavy atom. The first-order valence-corrected chi connectivity index (χ1v) is 7.61. The number of nitrogens with one attached hydrogen (secondary N) is 1. The summed E-state index contributed by atoms with van der Waals surface area (Å²) in [6, 6.07) is 11.4. The summed E-state index contributed by atoms with van der Waals surface area (Å²) >= 11 is 0. The van der Waals surface area contributed by atoms with Crippen LogP contribution in [0.4, 0.5) is 0 Å². The molecular weight excluding hydrogens is 248 g/mol. The van der Waals surface area contributed by atoms with E-state index >= 15 is 0 Å². The van der Waals surface area contributed by atoms with E-state index in [4.69, 9.17) is 4.74 Å². The number of nitrogens with zero attached hydrogens (tertiary/aromatic N) is 1. The molecule has 0 aliphatic carbocycles.